The summed E-state index contributed by atoms with van der Waals surface area (Å²) in [5.74, 6) is -0.0111. The number of carbonyl (C=O) groups excluding carboxylic acids is 1. The fourth-order valence-corrected chi connectivity index (χ4v) is 4.56. The summed E-state index contributed by atoms with van der Waals surface area (Å²) in [5, 5.41) is 11.9. The number of benzene rings is 2. The minimum absolute atomic E-state index is 0.0111. The van der Waals surface area contributed by atoms with Gasteiger partial charge in [-0.3, -0.25) is 10.1 Å². The van der Waals surface area contributed by atoms with Gasteiger partial charge in [0.15, 0.2) is 0 Å². The second-order valence-electron chi connectivity index (χ2n) is 7.43. The molecule has 0 fully saturated rings. The number of aryl methyl sites for hydroxylation is 1. The molecule has 0 aliphatic carbocycles. The maximum Gasteiger partial charge on any atom is 0.237 e. The minimum atomic E-state index is -0.351. The van der Waals surface area contributed by atoms with Crippen LogP contribution in [0.2, 0.25) is 10.0 Å². The molecule has 2 aromatic carbocycles. The molecule has 7 heteroatoms. The normalized spacial score (nSPS) is 18.6. The number of hydrogen-bond acceptors (Lipinski definition) is 3. The molecule has 5 nitrogen and oxygen atoms in total. The SMILES string of the molecule is CNCCNC(=O)[C@H]1Cc2c([nH]c3c(C)cccc23)[C@@H](c2ccc(Cl)cc2Cl)N1. The second kappa shape index (κ2) is 8.36. The van der Waals surface area contributed by atoms with Crippen LogP contribution in [0.25, 0.3) is 10.9 Å². The molecule has 1 aliphatic rings. The van der Waals surface area contributed by atoms with E-state index in [1.165, 1.54) is 5.56 Å². The number of aromatic amines is 1. The molecule has 0 spiro atoms. The fourth-order valence-electron chi connectivity index (χ4n) is 4.04. The van der Waals surface area contributed by atoms with E-state index in [-0.39, 0.29) is 18.0 Å². The topological polar surface area (TPSA) is 68.9 Å². The van der Waals surface area contributed by atoms with Crippen LogP contribution in [0, 0.1) is 6.92 Å². The average Bonchev–Trinajstić information content (AvgIpc) is 3.08. The number of H-pyrrole nitrogens is 1. The molecule has 2 atom stereocenters. The number of aromatic nitrogens is 1. The summed E-state index contributed by atoms with van der Waals surface area (Å²) in [4.78, 5) is 16.4. The molecule has 4 N–H and O–H groups in total. The smallest absolute Gasteiger partial charge is 0.237 e. The van der Waals surface area contributed by atoms with Crippen molar-refractivity contribution >= 4 is 40.0 Å². The van der Waals surface area contributed by atoms with Crippen molar-refractivity contribution < 1.29 is 4.79 Å². The third kappa shape index (κ3) is 3.88. The van der Waals surface area contributed by atoms with Crippen LogP contribution in [0.15, 0.2) is 36.4 Å². The lowest BCUT2D eigenvalue weighted by Crippen LogP contribution is -2.50. The van der Waals surface area contributed by atoms with Gasteiger partial charge in [-0.25, -0.2) is 0 Å². The first kappa shape index (κ1) is 20.2. The van der Waals surface area contributed by atoms with Gasteiger partial charge < -0.3 is 15.6 Å². The van der Waals surface area contributed by atoms with Gasteiger partial charge in [-0.2, -0.15) is 0 Å². The van der Waals surface area contributed by atoms with Crippen molar-refractivity contribution in [3.8, 4) is 0 Å². The maximum atomic E-state index is 12.9. The van der Waals surface area contributed by atoms with Gasteiger partial charge in [0.2, 0.25) is 5.91 Å². The first-order valence-corrected chi connectivity index (χ1v) is 10.5. The number of fused-ring (bicyclic) bond motifs is 3. The predicted octanol–water partition coefficient (Wildman–Crippen LogP) is 3.72. The quantitative estimate of drug-likeness (QED) is 0.466. The summed E-state index contributed by atoms with van der Waals surface area (Å²) in [6.45, 7) is 3.39. The van der Waals surface area contributed by atoms with E-state index in [4.69, 9.17) is 23.2 Å². The molecule has 0 bridgehead atoms. The molecular formula is C22H24Cl2N4O. The Labute approximate surface area is 180 Å². The molecule has 2 heterocycles. The van der Waals surface area contributed by atoms with Crippen molar-refractivity contribution in [2.75, 3.05) is 20.1 Å². The Kier molecular flexibility index (Phi) is 5.83. The van der Waals surface area contributed by atoms with Gasteiger partial charge >= 0.3 is 0 Å². The highest BCUT2D eigenvalue weighted by Crippen LogP contribution is 2.38. The molecule has 29 heavy (non-hydrogen) atoms. The molecule has 152 valence electrons. The van der Waals surface area contributed by atoms with Crippen LogP contribution in [0.3, 0.4) is 0 Å². The third-order valence-electron chi connectivity index (χ3n) is 5.51. The van der Waals surface area contributed by atoms with Crippen LogP contribution in [0.5, 0.6) is 0 Å². The lowest BCUT2D eigenvalue weighted by Gasteiger charge is -2.31. The van der Waals surface area contributed by atoms with Gasteiger partial charge in [0.1, 0.15) is 0 Å². The van der Waals surface area contributed by atoms with Crippen LogP contribution in [0.4, 0.5) is 0 Å². The van der Waals surface area contributed by atoms with Crippen LogP contribution >= 0.6 is 23.2 Å². The van der Waals surface area contributed by atoms with Gasteiger partial charge in [0.05, 0.1) is 12.1 Å². The molecular weight excluding hydrogens is 407 g/mol. The molecule has 0 saturated carbocycles. The van der Waals surface area contributed by atoms with Crippen molar-refractivity contribution in [2.45, 2.75) is 25.4 Å². The monoisotopic (exact) mass is 430 g/mol. The first-order valence-electron chi connectivity index (χ1n) is 9.73. The molecule has 3 aromatic rings. The summed E-state index contributed by atoms with van der Waals surface area (Å²) in [6.07, 6.45) is 0.617. The van der Waals surface area contributed by atoms with Crippen molar-refractivity contribution in [3.05, 3.63) is 68.8 Å². The van der Waals surface area contributed by atoms with Crippen molar-refractivity contribution in [1.82, 2.24) is 20.9 Å². The van der Waals surface area contributed by atoms with E-state index in [0.29, 0.717) is 23.0 Å². The Morgan fingerprint density at radius 3 is 2.79 bits per heavy atom. The summed E-state index contributed by atoms with van der Waals surface area (Å²) < 4.78 is 0. The minimum Gasteiger partial charge on any atom is -0.356 e. The number of amides is 1. The number of carbonyl (C=O) groups is 1. The standard InChI is InChI=1S/C22H24Cl2N4O/c1-12-4-3-5-14-16-11-18(22(29)26-9-8-25-2)27-20(21(16)28-19(12)14)15-7-6-13(23)10-17(15)24/h3-7,10,18,20,25,27-28H,8-9,11H2,1-2H3,(H,26,29)/t18-,20-/m1/s1. The molecule has 1 amide bonds. The number of para-hydroxylation sites is 1. The highest BCUT2D eigenvalue weighted by Gasteiger charge is 2.34. The zero-order valence-corrected chi connectivity index (χ0v) is 17.9. The Morgan fingerprint density at radius 2 is 2.03 bits per heavy atom. The maximum absolute atomic E-state index is 12.9. The Bertz CT molecular complexity index is 1060. The number of halogens is 2. The Hall–Kier alpha value is -2.05. The number of likely N-dealkylation sites (N-methyl/N-ethyl adjacent to an activating group) is 1. The number of nitrogens with one attached hydrogen (secondary N) is 4. The number of rotatable bonds is 5. The van der Waals surface area contributed by atoms with Gasteiger partial charge in [-0.05, 0) is 49.2 Å². The average molecular weight is 431 g/mol. The fraction of sp³-hybridized carbons (Fsp3) is 0.318. The Balaban J connectivity index is 1.79. The van der Waals surface area contributed by atoms with Crippen LogP contribution in [-0.4, -0.2) is 37.1 Å². The summed E-state index contributed by atoms with van der Waals surface area (Å²) in [5.41, 5.74) is 5.39. The Morgan fingerprint density at radius 1 is 1.21 bits per heavy atom. The highest BCUT2D eigenvalue weighted by atomic mass is 35.5. The second-order valence-corrected chi connectivity index (χ2v) is 8.28. The third-order valence-corrected chi connectivity index (χ3v) is 6.07. The van der Waals surface area contributed by atoms with E-state index < -0.39 is 0 Å². The van der Waals surface area contributed by atoms with Crippen LogP contribution in [0.1, 0.15) is 28.4 Å². The lowest BCUT2D eigenvalue weighted by atomic mass is 9.89. The molecule has 4 rings (SSSR count). The molecule has 0 radical (unpaired) electrons. The lowest BCUT2D eigenvalue weighted by molar-refractivity contribution is -0.123. The molecule has 0 unspecified atom stereocenters. The summed E-state index contributed by atoms with van der Waals surface area (Å²) >= 11 is 12.7. The van der Waals surface area contributed by atoms with Crippen LogP contribution < -0.4 is 16.0 Å². The summed E-state index contributed by atoms with van der Waals surface area (Å²) in [6, 6.07) is 11.2. The highest BCUT2D eigenvalue weighted by molar-refractivity contribution is 6.35. The van der Waals surface area contributed by atoms with Crippen LogP contribution in [-0.2, 0) is 11.2 Å². The van der Waals surface area contributed by atoms with Gasteiger partial charge in [-0.15, -0.1) is 0 Å². The van der Waals surface area contributed by atoms with E-state index >= 15 is 0 Å². The molecule has 0 saturated heterocycles. The van der Waals surface area contributed by atoms with E-state index in [0.717, 1.165) is 34.3 Å². The van der Waals surface area contributed by atoms with Crippen molar-refractivity contribution in [3.63, 3.8) is 0 Å². The molecule has 1 aromatic heterocycles. The van der Waals surface area contributed by atoms with Crippen molar-refractivity contribution in [1.29, 1.82) is 0 Å². The first-order chi connectivity index (χ1) is 14.0. The van der Waals surface area contributed by atoms with Gasteiger partial charge in [0.25, 0.3) is 0 Å². The summed E-state index contributed by atoms with van der Waals surface area (Å²) in [7, 11) is 1.87. The van der Waals surface area contributed by atoms with Crippen molar-refractivity contribution in [2.24, 2.45) is 0 Å². The van der Waals surface area contributed by atoms with E-state index in [1.807, 2.05) is 19.2 Å². The molecule has 1 aliphatic heterocycles. The largest absolute Gasteiger partial charge is 0.356 e. The van der Waals surface area contributed by atoms with E-state index in [2.05, 4.69) is 46.1 Å². The van der Waals surface area contributed by atoms with Gasteiger partial charge in [-0.1, -0.05) is 47.5 Å². The number of hydrogen-bond donors (Lipinski definition) is 4. The van der Waals surface area contributed by atoms with Gasteiger partial charge in [0, 0.05) is 39.7 Å². The van der Waals surface area contributed by atoms with E-state index in [9.17, 15) is 4.79 Å². The van der Waals surface area contributed by atoms with E-state index in [1.54, 1.807) is 6.07 Å². The zero-order valence-electron chi connectivity index (χ0n) is 16.4. The predicted molar refractivity (Wildman–Crippen MR) is 119 cm³/mol. The zero-order chi connectivity index (χ0) is 20.5.